The largest absolute Gasteiger partial charge is 0.496 e. The van der Waals surface area contributed by atoms with E-state index in [9.17, 15) is 5.11 Å². The second-order valence-corrected chi connectivity index (χ2v) is 5.17. The molecule has 0 aliphatic carbocycles. The molecule has 3 nitrogen and oxygen atoms in total. The number of hydrogen-bond acceptors (Lipinski definition) is 3. The van der Waals surface area contributed by atoms with Crippen LogP contribution in [0.15, 0.2) is 60.9 Å². The van der Waals surface area contributed by atoms with Crippen molar-refractivity contribution in [2.75, 3.05) is 7.11 Å². The summed E-state index contributed by atoms with van der Waals surface area (Å²) >= 11 is 0. The average molecular weight is 279 g/mol. The van der Waals surface area contributed by atoms with Gasteiger partial charge in [0, 0.05) is 23.3 Å². The standard InChI is InChI=1S/C18H17NO2/c1-18(20,16-7-3-4-9-17(16)21-2)15-8-5-6-13-10-11-19-12-14(13)15/h3-12,20H,1-2H3. The minimum Gasteiger partial charge on any atom is -0.496 e. The van der Waals surface area contributed by atoms with E-state index in [4.69, 9.17) is 4.74 Å². The van der Waals surface area contributed by atoms with Gasteiger partial charge in [0.25, 0.3) is 0 Å². The van der Waals surface area contributed by atoms with Crippen molar-refractivity contribution in [3.05, 3.63) is 72.1 Å². The fourth-order valence-electron chi connectivity index (χ4n) is 2.73. The summed E-state index contributed by atoms with van der Waals surface area (Å²) in [5.74, 6) is 0.670. The third-order valence-corrected chi connectivity index (χ3v) is 3.84. The highest BCUT2D eigenvalue weighted by atomic mass is 16.5. The molecule has 0 saturated carbocycles. The zero-order chi connectivity index (χ0) is 14.9. The minimum atomic E-state index is -1.16. The first-order valence-corrected chi connectivity index (χ1v) is 6.83. The van der Waals surface area contributed by atoms with Gasteiger partial charge in [-0.15, -0.1) is 0 Å². The van der Waals surface area contributed by atoms with Gasteiger partial charge in [0.15, 0.2) is 0 Å². The molecule has 1 heterocycles. The number of hydrogen-bond donors (Lipinski definition) is 1. The average Bonchev–Trinajstić information content (AvgIpc) is 2.54. The maximum Gasteiger partial charge on any atom is 0.125 e. The minimum absolute atomic E-state index is 0.670. The number of benzene rings is 2. The first kappa shape index (κ1) is 13.6. The first-order valence-electron chi connectivity index (χ1n) is 6.83. The Morgan fingerprint density at radius 3 is 2.57 bits per heavy atom. The van der Waals surface area contributed by atoms with E-state index < -0.39 is 5.60 Å². The van der Waals surface area contributed by atoms with Crippen LogP contribution < -0.4 is 4.74 Å². The Bertz CT molecular complexity index is 776. The first-order chi connectivity index (χ1) is 10.1. The summed E-state index contributed by atoms with van der Waals surface area (Å²) in [6.07, 6.45) is 3.54. The van der Waals surface area contributed by atoms with E-state index in [2.05, 4.69) is 4.98 Å². The van der Waals surface area contributed by atoms with Gasteiger partial charge in [0.1, 0.15) is 11.4 Å². The number of rotatable bonds is 3. The highest BCUT2D eigenvalue weighted by molar-refractivity contribution is 5.86. The molecule has 0 radical (unpaired) electrons. The fraction of sp³-hybridized carbons (Fsp3) is 0.167. The van der Waals surface area contributed by atoms with E-state index in [1.54, 1.807) is 26.4 Å². The quantitative estimate of drug-likeness (QED) is 0.798. The lowest BCUT2D eigenvalue weighted by atomic mass is 9.85. The molecule has 21 heavy (non-hydrogen) atoms. The molecule has 0 amide bonds. The number of nitrogens with zero attached hydrogens (tertiary/aromatic N) is 1. The normalized spacial score (nSPS) is 13.9. The highest BCUT2D eigenvalue weighted by Gasteiger charge is 2.30. The molecule has 3 aromatic rings. The molecular formula is C18H17NO2. The number of aliphatic hydroxyl groups is 1. The van der Waals surface area contributed by atoms with Crippen molar-refractivity contribution >= 4 is 10.8 Å². The molecule has 0 bridgehead atoms. The van der Waals surface area contributed by atoms with E-state index >= 15 is 0 Å². The lowest BCUT2D eigenvalue weighted by Crippen LogP contribution is -2.24. The lowest BCUT2D eigenvalue weighted by Gasteiger charge is -2.27. The molecule has 2 aromatic carbocycles. The molecule has 1 N–H and O–H groups in total. The van der Waals surface area contributed by atoms with Crippen molar-refractivity contribution in [3.8, 4) is 5.75 Å². The molecule has 0 saturated heterocycles. The number of aromatic nitrogens is 1. The van der Waals surface area contributed by atoms with Gasteiger partial charge >= 0.3 is 0 Å². The molecule has 0 spiro atoms. The molecule has 1 aromatic heterocycles. The van der Waals surface area contributed by atoms with E-state index in [0.717, 1.165) is 21.9 Å². The Balaban J connectivity index is 2.25. The maximum absolute atomic E-state index is 11.2. The van der Waals surface area contributed by atoms with Crippen LogP contribution >= 0.6 is 0 Å². The van der Waals surface area contributed by atoms with Crippen LogP contribution in [0.4, 0.5) is 0 Å². The predicted molar refractivity (Wildman–Crippen MR) is 83.4 cm³/mol. The second kappa shape index (κ2) is 5.19. The molecular weight excluding hydrogens is 262 g/mol. The van der Waals surface area contributed by atoms with Crippen molar-refractivity contribution in [2.45, 2.75) is 12.5 Å². The van der Waals surface area contributed by atoms with Gasteiger partial charge in [-0.25, -0.2) is 0 Å². The molecule has 0 fully saturated rings. The number of para-hydroxylation sites is 1. The summed E-state index contributed by atoms with van der Waals surface area (Å²) in [5, 5.41) is 13.2. The third-order valence-electron chi connectivity index (χ3n) is 3.84. The van der Waals surface area contributed by atoms with Crippen LogP contribution in [0.25, 0.3) is 10.8 Å². The van der Waals surface area contributed by atoms with E-state index in [1.807, 2.05) is 48.5 Å². The summed E-state index contributed by atoms with van der Waals surface area (Å²) in [6.45, 7) is 1.78. The predicted octanol–water partition coefficient (Wildman–Crippen LogP) is 3.50. The van der Waals surface area contributed by atoms with Gasteiger partial charge in [0.05, 0.1) is 7.11 Å². The van der Waals surface area contributed by atoms with E-state index in [-0.39, 0.29) is 0 Å². The monoisotopic (exact) mass is 279 g/mol. The summed E-state index contributed by atoms with van der Waals surface area (Å²) in [6, 6.07) is 15.4. The zero-order valence-electron chi connectivity index (χ0n) is 12.1. The number of fused-ring (bicyclic) bond motifs is 1. The smallest absolute Gasteiger partial charge is 0.125 e. The van der Waals surface area contributed by atoms with Gasteiger partial charge in [0.2, 0.25) is 0 Å². The molecule has 1 unspecified atom stereocenters. The summed E-state index contributed by atoms with van der Waals surface area (Å²) in [7, 11) is 1.61. The third kappa shape index (κ3) is 2.26. The number of ether oxygens (including phenoxy) is 1. The lowest BCUT2D eigenvalue weighted by molar-refractivity contribution is 0.101. The maximum atomic E-state index is 11.2. The fourth-order valence-corrected chi connectivity index (χ4v) is 2.73. The molecule has 3 rings (SSSR count). The van der Waals surface area contributed by atoms with Gasteiger partial charge in [-0.2, -0.15) is 0 Å². The van der Waals surface area contributed by atoms with Crippen molar-refractivity contribution in [3.63, 3.8) is 0 Å². The van der Waals surface area contributed by atoms with Crippen molar-refractivity contribution in [1.29, 1.82) is 0 Å². The topological polar surface area (TPSA) is 42.4 Å². The summed E-state index contributed by atoms with van der Waals surface area (Å²) in [4.78, 5) is 4.18. The van der Waals surface area contributed by atoms with E-state index in [1.165, 1.54) is 0 Å². The van der Waals surface area contributed by atoms with Crippen LogP contribution in [0.3, 0.4) is 0 Å². The SMILES string of the molecule is COc1ccccc1C(C)(O)c1cccc2ccncc12. The van der Waals surface area contributed by atoms with Crippen LogP contribution in [0.1, 0.15) is 18.1 Å². The van der Waals surface area contributed by atoms with Gasteiger partial charge in [-0.1, -0.05) is 36.4 Å². The van der Waals surface area contributed by atoms with Gasteiger partial charge in [-0.05, 0) is 30.0 Å². The Labute approximate surface area is 123 Å². The van der Waals surface area contributed by atoms with Crippen LogP contribution in [0, 0.1) is 0 Å². The summed E-state index contributed by atoms with van der Waals surface area (Å²) < 4.78 is 5.39. The number of pyridine rings is 1. The van der Waals surface area contributed by atoms with Crippen LogP contribution in [0.2, 0.25) is 0 Å². The Morgan fingerprint density at radius 2 is 1.76 bits per heavy atom. The Kier molecular flexibility index (Phi) is 3.35. The van der Waals surface area contributed by atoms with E-state index in [0.29, 0.717) is 5.75 Å². The van der Waals surface area contributed by atoms with Crippen molar-refractivity contribution in [1.82, 2.24) is 4.98 Å². The van der Waals surface area contributed by atoms with Crippen LogP contribution in [-0.4, -0.2) is 17.2 Å². The molecule has 0 aliphatic rings. The van der Waals surface area contributed by atoms with Crippen LogP contribution in [-0.2, 0) is 5.60 Å². The highest BCUT2D eigenvalue weighted by Crippen LogP contribution is 2.38. The number of methoxy groups -OCH3 is 1. The molecule has 106 valence electrons. The summed E-state index contributed by atoms with van der Waals surface area (Å²) in [5.41, 5.74) is 0.399. The molecule has 3 heteroatoms. The van der Waals surface area contributed by atoms with Gasteiger partial charge in [-0.3, -0.25) is 4.98 Å². The van der Waals surface area contributed by atoms with Gasteiger partial charge < -0.3 is 9.84 Å². The second-order valence-electron chi connectivity index (χ2n) is 5.17. The Morgan fingerprint density at radius 1 is 1.00 bits per heavy atom. The molecule has 1 atom stereocenters. The Hall–Kier alpha value is -2.39. The zero-order valence-corrected chi connectivity index (χ0v) is 12.1. The van der Waals surface area contributed by atoms with Crippen molar-refractivity contribution in [2.24, 2.45) is 0 Å². The van der Waals surface area contributed by atoms with Crippen LogP contribution in [0.5, 0.6) is 5.75 Å². The molecule has 0 aliphatic heterocycles. The van der Waals surface area contributed by atoms with Crippen molar-refractivity contribution < 1.29 is 9.84 Å².